The molecule has 1 aliphatic carbocycles. The van der Waals surface area contributed by atoms with Gasteiger partial charge in [-0.2, -0.15) is 15.0 Å². The fourth-order valence-electron chi connectivity index (χ4n) is 2.06. The summed E-state index contributed by atoms with van der Waals surface area (Å²) < 4.78 is 0. The largest absolute Gasteiger partial charge is 0.354 e. The predicted octanol–water partition coefficient (Wildman–Crippen LogP) is 1.07. The van der Waals surface area contributed by atoms with Crippen LogP contribution in [-0.4, -0.2) is 34.6 Å². The predicted molar refractivity (Wildman–Crippen MR) is 77.0 cm³/mol. The van der Waals surface area contributed by atoms with Gasteiger partial charge >= 0.3 is 0 Å². The molecule has 0 amide bonds. The third-order valence-corrected chi connectivity index (χ3v) is 3.60. The smallest absolute Gasteiger partial charge is 0.243 e. The lowest BCUT2D eigenvalue weighted by Crippen LogP contribution is -2.26. The average Bonchev–Trinajstić information content (AvgIpc) is 3.13. The molecule has 0 aliphatic heterocycles. The van der Waals surface area contributed by atoms with Gasteiger partial charge in [-0.15, -0.1) is 0 Å². The summed E-state index contributed by atoms with van der Waals surface area (Å²) in [6, 6.07) is 0. The zero-order valence-electron chi connectivity index (χ0n) is 11.8. The molecule has 2 unspecified atom stereocenters. The molecule has 1 aromatic rings. The highest BCUT2D eigenvalue weighted by molar-refractivity contribution is 5.43. The standard InChI is InChI=1S/C12H23N7/c1-4-19(5-2)12-16-10(15-11(17-12)18-13)14-7-9-6-8(9)3/h8-9H,4-7,13H2,1-3H3,(H2,14,15,16,17,18). The van der Waals surface area contributed by atoms with Crippen LogP contribution in [0.1, 0.15) is 27.2 Å². The Bertz CT molecular complexity index is 419. The van der Waals surface area contributed by atoms with Crippen LogP contribution in [0.25, 0.3) is 0 Å². The molecule has 0 radical (unpaired) electrons. The molecule has 0 bridgehead atoms. The molecule has 0 saturated heterocycles. The van der Waals surface area contributed by atoms with E-state index in [0.717, 1.165) is 31.5 Å². The Hall–Kier alpha value is -1.63. The van der Waals surface area contributed by atoms with Crippen molar-refractivity contribution in [2.45, 2.75) is 27.2 Å². The Morgan fingerprint density at radius 1 is 1.21 bits per heavy atom. The van der Waals surface area contributed by atoms with Crippen LogP contribution in [0.3, 0.4) is 0 Å². The summed E-state index contributed by atoms with van der Waals surface area (Å²) in [7, 11) is 0. The second-order valence-corrected chi connectivity index (χ2v) is 4.95. The number of hydrogen-bond donors (Lipinski definition) is 3. The van der Waals surface area contributed by atoms with E-state index in [-0.39, 0.29) is 0 Å². The third-order valence-electron chi connectivity index (χ3n) is 3.60. The monoisotopic (exact) mass is 265 g/mol. The number of nitrogen functional groups attached to an aromatic ring is 1. The summed E-state index contributed by atoms with van der Waals surface area (Å²) in [5.74, 6) is 8.59. The number of nitrogens with one attached hydrogen (secondary N) is 2. The zero-order valence-corrected chi connectivity index (χ0v) is 11.8. The Morgan fingerprint density at radius 3 is 2.37 bits per heavy atom. The van der Waals surface area contributed by atoms with Gasteiger partial charge in [0.25, 0.3) is 0 Å². The number of nitrogens with zero attached hydrogens (tertiary/aromatic N) is 4. The van der Waals surface area contributed by atoms with Crippen LogP contribution in [0.15, 0.2) is 0 Å². The summed E-state index contributed by atoms with van der Waals surface area (Å²) >= 11 is 0. The van der Waals surface area contributed by atoms with Crippen molar-refractivity contribution in [2.75, 3.05) is 35.3 Å². The lowest BCUT2D eigenvalue weighted by Gasteiger charge is -2.19. The van der Waals surface area contributed by atoms with Gasteiger partial charge in [-0.05, 0) is 32.1 Å². The minimum atomic E-state index is 0.392. The number of anilines is 3. The number of aromatic nitrogens is 3. The summed E-state index contributed by atoms with van der Waals surface area (Å²) in [6.07, 6.45) is 1.28. The van der Waals surface area contributed by atoms with Crippen LogP contribution < -0.4 is 21.5 Å². The summed E-state index contributed by atoms with van der Waals surface area (Å²) in [6.45, 7) is 9.01. The van der Waals surface area contributed by atoms with Crippen LogP contribution >= 0.6 is 0 Å². The maximum Gasteiger partial charge on any atom is 0.243 e. The zero-order chi connectivity index (χ0) is 13.8. The van der Waals surface area contributed by atoms with E-state index in [1.165, 1.54) is 6.42 Å². The van der Waals surface area contributed by atoms with Crippen molar-refractivity contribution in [1.29, 1.82) is 0 Å². The fraction of sp³-hybridized carbons (Fsp3) is 0.750. The van der Waals surface area contributed by atoms with E-state index >= 15 is 0 Å². The van der Waals surface area contributed by atoms with Gasteiger partial charge in [-0.1, -0.05) is 6.92 Å². The Labute approximate surface area is 114 Å². The first-order valence-electron chi connectivity index (χ1n) is 6.89. The molecule has 2 rings (SSSR count). The second kappa shape index (κ2) is 6.01. The van der Waals surface area contributed by atoms with Gasteiger partial charge in [0.1, 0.15) is 0 Å². The van der Waals surface area contributed by atoms with E-state index in [4.69, 9.17) is 5.84 Å². The number of rotatable bonds is 7. The highest BCUT2D eigenvalue weighted by atomic mass is 15.4. The van der Waals surface area contributed by atoms with Crippen molar-refractivity contribution in [3.05, 3.63) is 0 Å². The number of nitrogens with two attached hydrogens (primary N) is 1. The summed E-state index contributed by atoms with van der Waals surface area (Å²) in [4.78, 5) is 15.0. The fourth-order valence-corrected chi connectivity index (χ4v) is 2.06. The van der Waals surface area contributed by atoms with Crippen LogP contribution in [0.2, 0.25) is 0 Å². The van der Waals surface area contributed by atoms with E-state index in [0.29, 0.717) is 17.8 Å². The maximum atomic E-state index is 5.41. The molecule has 0 aromatic carbocycles. The molecule has 19 heavy (non-hydrogen) atoms. The normalized spacial score (nSPS) is 21.1. The molecular formula is C12H23N7. The van der Waals surface area contributed by atoms with Crippen molar-refractivity contribution in [3.8, 4) is 0 Å². The molecule has 2 atom stereocenters. The van der Waals surface area contributed by atoms with Gasteiger partial charge in [-0.3, -0.25) is 5.43 Å². The first-order chi connectivity index (χ1) is 9.17. The van der Waals surface area contributed by atoms with E-state index in [1.54, 1.807) is 0 Å². The average molecular weight is 265 g/mol. The maximum absolute atomic E-state index is 5.41. The minimum absolute atomic E-state index is 0.392. The first kappa shape index (κ1) is 13.8. The van der Waals surface area contributed by atoms with Crippen molar-refractivity contribution in [2.24, 2.45) is 17.7 Å². The van der Waals surface area contributed by atoms with Crippen molar-refractivity contribution in [3.63, 3.8) is 0 Å². The van der Waals surface area contributed by atoms with E-state index in [9.17, 15) is 0 Å². The lowest BCUT2D eigenvalue weighted by molar-refractivity contribution is 0.773. The van der Waals surface area contributed by atoms with Crippen LogP contribution in [0, 0.1) is 11.8 Å². The quantitative estimate of drug-likeness (QED) is 0.501. The molecule has 1 aromatic heterocycles. The highest BCUT2D eigenvalue weighted by Crippen LogP contribution is 2.37. The molecule has 1 saturated carbocycles. The van der Waals surface area contributed by atoms with Crippen LogP contribution in [0.4, 0.5) is 17.8 Å². The van der Waals surface area contributed by atoms with E-state index in [1.807, 2.05) is 0 Å². The van der Waals surface area contributed by atoms with Crippen LogP contribution in [-0.2, 0) is 0 Å². The second-order valence-electron chi connectivity index (χ2n) is 4.95. The molecule has 1 fully saturated rings. The van der Waals surface area contributed by atoms with Gasteiger partial charge in [0.2, 0.25) is 17.8 Å². The Kier molecular flexibility index (Phi) is 4.36. The molecule has 1 heterocycles. The molecule has 7 nitrogen and oxygen atoms in total. The molecule has 0 spiro atoms. The molecular weight excluding hydrogens is 242 g/mol. The summed E-state index contributed by atoms with van der Waals surface area (Å²) in [5.41, 5.74) is 2.49. The van der Waals surface area contributed by atoms with Crippen molar-refractivity contribution >= 4 is 17.8 Å². The SMILES string of the molecule is CCN(CC)c1nc(NN)nc(NCC2CC2C)n1. The number of hydrazine groups is 1. The van der Waals surface area contributed by atoms with Gasteiger partial charge < -0.3 is 10.2 Å². The van der Waals surface area contributed by atoms with Crippen molar-refractivity contribution in [1.82, 2.24) is 15.0 Å². The Morgan fingerprint density at radius 2 is 1.84 bits per heavy atom. The molecule has 4 N–H and O–H groups in total. The van der Waals surface area contributed by atoms with Crippen molar-refractivity contribution < 1.29 is 0 Å². The Balaban J connectivity index is 2.10. The topological polar surface area (TPSA) is 92.0 Å². The molecule has 106 valence electrons. The molecule has 7 heteroatoms. The van der Waals surface area contributed by atoms with E-state index in [2.05, 4.69) is 51.4 Å². The van der Waals surface area contributed by atoms with Gasteiger partial charge in [0.15, 0.2) is 0 Å². The third kappa shape index (κ3) is 3.44. The highest BCUT2D eigenvalue weighted by Gasteiger charge is 2.32. The van der Waals surface area contributed by atoms with Gasteiger partial charge in [0.05, 0.1) is 0 Å². The minimum Gasteiger partial charge on any atom is -0.354 e. The number of hydrogen-bond acceptors (Lipinski definition) is 7. The summed E-state index contributed by atoms with van der Waals surface area (Å²) in [5, 5.41) is 3.27. The van der Waals surface area contributed by atoms with Gasteiger partial charge in [0, 0.05) is 19.6 Å². The van der Waals surface area contributed by atoms with Gasteiger partial charge in [-0.25, -0.2) is 5.84 Å². The lowest BCUT2D eigenvalue weighted by atomic mass is 10.3. The van der Waals surface area contributed by atoms with E-state index < -0.39 is 0 Å². The first-order valence-corrected chi connectivity index (χ1v) is 6.89. The van der Waals surface area contributed by atoms with Crippen LogP contribution in [0.5, 0.6) is 0 Å². The molecule has 1 aliphatic rings.